The van der Waals surface area contributed by atoms with Crippen LogP contribution < -0.4 is 15.2 Å². The highest BCUT2D eigenvalue weighted by Gasteiger charge is 2.19. The van der Waals surface area contributed by atoms with Crippen LogP contribution in [0.1, 0.15) is 6.42 Å². The molecule has 0 saturated heterocycles. The number of nitrogens with two attached hydrogens (primary N) is 1. The lowest BCUT2D eigenvalue weighted by molar-refractivity contribution is 0.402. The second kappa shape index (κ2) is 6.34. The average Bonchev–Trinajstić information content (AvgIpc) is 2.29. The van der Waals surface area contributed by atoms with Crippen LogP contribution in [-0.2, 0) is 10.0 Å². The van der Waals surface area contributed by atoms with E-state index < -0.39 is 10.0 Å². The largest absolute Gasteiger partial charge is 0.495 e. The summed E-state index contributed by atoms with van der Waals surface area (Å²) in [5.41, 5.74) is 5.31. The van der Waals surface area contributed by atoms with E-state index in [1.807, 2.05) is 0 Å². The van der Waals surface area contributed by atoms with Gasteiger partial charge in [0.2, 0.25) is 10.0 Å². The van der Waals surface area contributed by atoms with Crippen LogP contribution in [0.5, 0.6) is 5.75 Å². The summed E-state index contributed by atoms with van der Waals surface area (Å²) in [6.07, 6.45) is 0.593. The molecular formula is C10H15BrN2O3S. The molecule has 0 unspecified atom stereocenters. The number of halogens is 1. The van der Waals surface area contributed by atoms with E-state index in [1.165, 1.54) is 13.2 Å². The average molecular weight is 323 g/mol. The quantitative estimate of drug-likeness (QED) is 0.768. The van der Waals surface area contributed by atoms with Crippen LogP contribution in [0.15, 0.2) is 27.6 Å². The van der Waals surface area contributed by atoms with E-state index in [4.69, 9.17) is 10.5 Å². The maximum Gasteiger partial charge on any atom is 0.244 e. The molecule has 1 aromatic rings. The van der Waals surface area contributed by atoms with Gasteiger partial charge in [-0.2, -0.15) is 0 Å². The molecule has 0 aliphatic rings. The molecule has 0 saturated carbocycles. The molecule has 7 heteroatoms. The van der Waals surface area contributed by atoms with Crippen molar-refractivity contribution in [2.75, 3.05) is 20.2 Å². The SMILES string of the molecule is COc1ccc(Br)cc1S(=O)(=O)NCCCN. The molecule has 0 amide bonds. The topological polar surface area (TPSA) is 81.4 Å². The van der Waals surface area contributed by atoms with Gasteiger partial charge in [-0.1, -0.05) is 15.9 Å². The van der Waals surface area contributed by atoms with Gasteiger partial charge in [0.05, 0.1) is 7.11 Å². The fraction of sp³-hybridized carbons (Fsp3) is 0.400. The van der Waals surface area contributed by atoms with Gasteiger partial charge in [-0.05, 0) is 31.2 Å². The Morgan fingerprint density at radius 1 is 1.47 bits per heavy atom. The highest BCUT2D eigenvalue weighted by molar-refractivity contribution is 9.10. The van der Waals surface area contributed by atoms with Crippen molar-refractivity contribution in [1.82, 2.24) is 4.72 Å². The van der Waals surface area contributed by atoms with Crippen LogP contribution in [0.4, 0.5) is 0 Å². The van der Waals surface area contributed by atoms with Gasteiger partial charge in [-0.25, -0.2) is 13.1 Å². The Bertz CT molecular complexity index is 476. The van der Waals surface area contributed by atoms with E-state index >= 15 is 0 Å². The van der Waals surface area contributed by atoms with Crippen molar-refractivity contribution in [2.24, 2.45) is 5.73 Å². The lowest BCUT2D eigenvalue weighted by Gasteiger charge is -2.10. The standard InChI is InChI=1S/C10H15BrN2O3S/c1-16-9-4-3-8(11)7-10(9)17(14,15)13-6-2-5-12/h3-4,7,13H,2,5-6,12H2,1H3. The normalized spacial score (nSPS) is 11.5. The van der Waals surface area contributed by atoms with Crippen molar-refractivity contribution in [2.45, 2.75) is 11.3 Å². The molecule has 0 aliphatic carbocycles. The second-order valence-corrected chi connectivity index (χ2v) is 5.99. The third-order valence-electron chi connectivity index (χ3n) is 2.09. The lowest BCUT2D eigenvalue weighted by Crippen LogP contribution is -2.26. The Kier molecular flexibility index (Phi) is 5.38. The van der Waals surface area contributed by atoms with Gasteiger partial charge in [-0.15, -0.1) is 0 Å². The molecule has 0 spiro atoms. The van der Waals surface area contributed by atoms with Crippen LogP contribution in [0.25, 0.3) is 0 Å². The molecule has 0 heterocycles. The van der Waals surface area contributed by atoms with E-state index in [0.717, 1.165) is 0 Å². The molecule has 0 fully saturated rings. The van der Waals surface area contributed by atoms with E-state index in [0.29, 0.717) is 29.7 Å². The number of benzene rings is 1. The molecule has 1 aromatic carbocycles. The molecule has 0 aliphatic heterocycles. The zero-order chi connectivity index (χ0) is 12.9. The van der Waals surface area contributed by atoms with E-state index in [9.17, 15) is 8.42 Å². The first-order chi connectivity index (χ1) is 8.01. The third-order valence-corrected chi connectivity index (χ3v) is 4.06. The predicted molar refractivity (Wildman–Crippen MR) is 69.6 cm³/mol. The number of nitrogens with one attached hydrogen (secondary N) is 1. The Morgan fingerprint density at radius 3 is 2.76 bits per heavy atom. The third kappa shape index (κ3) is 3.95. The van der Waals surface area contributed by atoms with Gasteiger partial charge in [0.1, 0.15) is 10.6 Å². The number of methoxy groups -OCH3 is 1. The zero-order valence-electron chi connectivity index (χ0n) is 9.44. The Hall–Kier alpha value is -0.630. The Balaban J connectivity index is 3.00. The lowest BCUT2D eigenvalue weighted by atomic mass is 10.3. The van der Waals surface area contributed by atoms with Crippen molar-refractivity contribution in [1.29, 1.82) is 0 Å². The number of hydrogen-bond donors (Lipinski definition) is 2. The maximum atomic E-state index is 12.0. The van der Waals surface area contributed by atoms with Crippen molar-refractivity contribution >= 4 is 26.0 Å². The van der Waals surface area contributed by atoms with Crippen LogP contribution in [-0.4, -0.2) is 28.6 Å². The predicted octanol–water partition coefficient (Wildman–Crippen LogP) is 1.08. The highest BCUT2D eigenvalue weighted by Crippen LogP contribution is 2.26. The summed E-state index contributed by atoms with van der Waals surface area (Å²) < 4.78 is 32.1. The molecule has 0 bridgehead atoms. The van der Waals surface area contributed by atoms with Crippen molar-refractivity contribution in [3.8, 4) is 5.75 Å². The van der Waals surface area contributed by atoms with Crippen LogP contribution in [0.2, 0.25) is 0 Å². The fourth-order valence-electron chi connectivity index (χ4n) is 1.25. The summed E-state index contributed by atoms with van der Waals surface area (Å²) in [5, 5.41) is 0. The summed E-state index contributed by atoms with van der Waals surface area (Å²) in [7, 11) is -2.13. The van der Waals surface area contributed by atoms with Crippen molar-refractivity contribution in [3.05, 3.63) is 22.7 Å². The number of hydrogen-bond acceptors (Lipinski definition) is 4. The first-order valence-corrected chi connectivity index (χ1v) is 7.32. The Labute approximate surface area is 110 Å². The molecule has 3 N–H and O–H groups in total. The summed E-state index contributed by atoms with van der Waals surface area (Å²) in [6, 6.07) is 4.82. The van der Waals surface area contributed by atoms with Gasteiger partial charge in [0.25, 0.3) is 0 Å². The first-order valence-electron chi connectivity index (χ1n) is 5.04. The fourth-order valence-corrected chi connectivity index (χ4v) is 3.03. The summed E-state index contributed by atoms with van der Waals surface area (Å²) in [5.74, 6) is 0.313. The minimum Gasteiger partial charge on any atom is -0.495 e. The maximum absolute atomic E-state index is 12.0. The molecular weight excluding hydrogens is 308 g/mol. The number of sulfonamides is 1. The molecule has 17 heavy (non-hydrogen) atoms. The summed E-state index contributed by atoms with van der Waals surface area (Å²) >= 11 is 3.23. The van der Waals surface area contributed by atoms with E-state index in [-0.39, 0.29) is 4.90 Å². The molecule has 1 rings (SSSR count). The molecule has 96 valence electrons. The van der Waals surface area contributed by atoms with Gasteiger partial charge < -0.3 is 10.5 Å². The number of rotatable bonds is 6. The van der Waals surface area contributed by atoms with Crippen LogP contribution in [0, 0.1) is 0 Å². The zero-order valence-corrected chi connectivity index (χ0v) is 11.8. The second-order valence-electron chi connectivity index (χ2n) is 3.34. The molecule has 5 nitrogen and oxygen atoms in total. The highest BCUT2D eigenvalue weighted by atomic mass is 79.9. The van der Waals surface area contributed by atoms with Gasteiger partial charge in [0.15, 0.2) is 0 Å². The summed E-state index contributed by atoms with van der Waals surface area (Å²) in [4.78, 5) is 0.117. The molecule has 0 atom stereocenters. The van der Waals surface area contributed by atoms with Gasteiger partial charge in [-0.3, -0.25) is 0 Å². The van der Waals surface area contributed by atoms with Gasteiger partial charge in [0, 0.05) is 11.0 Å². The minimum absolute atomic E-state index is 0.117. The van der Waals surface area contributed by atoms with E-state index in [1.54, 1.807) is 12.1 Å². The Morgan fingerprint density at radius 2 is 2.18 bits per heavy atom. The van der Waals surface area contributed by atoms with E-state index in [2.05, 4.69) is 20.7 Å². The van der Waals surface area contributed by atoms with Crippen LogP contribution >= 0.6 is 15.9 Å². The molecule has 0 aromatic heterocycles. The minimum atomic E-state index is -3.56. The van der Waals surface area contributed by atoms with Crippen molar-refractivity contribution < 1.29 is 13.2 Å². The monoisotopic (exact) mass is 322 g/mol. The number of ether oxygens (including phenoxy) is 1. The van der Waals surface area contributed by atoms with Crippen molar-refractivity contribution in [3.63, 3.8) is 0 Å². The van der Waals surface area contributed by atoms with Gasteiger partial charge >= 0.3 is 0 Å². The summed E-state index contributed by atoms with van der Waals surface area (Å²) in [6.45, 7) is 0.757. The first kappa shape index (κ1) is 14.4. The molecule has 0 radical (unpaired) electrons. The van der Waals surface area contributed by atoms with Crippen LogP contribution in [0.3, 0.4) is 0 Å². The smallest absolute Gasteiger partial charge is 0.244 e.